The Morgan fingerprint density at radius 3 is 2.61 bits per heavy atom. The number of halogens is 1. The predicted octanol–water partition coefficient (Wildman–Crippen LogP) is 0.808. The summed E-state index contributed by atoms with van der Waals surface area (Å²) in [5, 5.41) is 21.2. The molecule has 0 fully saturated rings. The van der Waals surface area contributed by atoms with Crippen molar-refractivity contribution in [2.45, 2.75) is 6.04 Å². The molecule has 1 atom stereocenters. The number of hydrogen-bond acceptors (Lipinski definition) is 4. The maximum atomic E-state index is 13.1. The zero-order chi connectivity index (χ0) is 13.7. The van der Waals surface area contributed by atoms with Crippen LogP contribution in [0.4, 0.5) is 4.39 Å². The molecule has 1 aromatic carbocycles. The van der Waals surface area contributed by atoms with Crippen LogP contribution in [0.3, 0.4) is 0 Å². The summed E-state index contributed by atoms with van der Waals surface area (Å²) in [5.41, 5.74) is 0.193. The van der Waals surface area contributed by atoms with Gasteiger partial charge in [-0.3, -0.25) is 10.1 Å². The van der Waals surface area contributed by atoms with Crippen LogP contribution < -0.4 is 5.32 Å². The molecule has 1 aromatic rings. The fourth-order valence-electron chi connectivity index (χ4n) is 1.54. The van der Waals surface area contributed by atoms with Crippen molar-refractivity contribution in [3.63, 3.8) is 0 Å². The van der Waals surface area contributed by atoms with E-state index in [1.165, 1.54) is 6.07 Å². The second-order valence-electron chi connectivity index (χ2n) is 4.27. The number of aromatic hydroxyl groups is 1. The van der Waals surface area contributed by atoms with E-state index in [2.05, 4.69) is 5.32 Å². The van der Waals surface area contributed by atoms with E-state index in [9.17, 15) is 14.3 Å². The lowest BCUT2D eigenvalue weighted by atomic mass is 10.1. The molecule has 0 aromatic heterocycles. The van der Waals surface area contributed by atoms with Crippen molar-refractivity contribution in [1.82, 2.24) is 10.2 Å². The summed E-state index contributed by atoms with van der Waals surface area (Å²) in [4.78, 5) is 13.0. The summed E-state index contributed by atoms with van der Waals surface area (Å²) in [6.07, 6.45) is 0. The molecule has 0 amide bonds. The summed E-state index contributed by atoms with van der Waals surface area (Å²) < 4.78 is 13.1. The van der Waals surface area contributed by atoms with Crippen molar-refractivity contribution in [2.24, 2.45) is 0 Å². The molecule has 0 saturated carbocycles. The van der Waals surface area contributed by atoms with E-state index in [1.807, 2.05) is 19.0 Å². The van der Waals surface area contributed by atoms with Crippen LogP contribution in [0.5, 0.6) is 5.75 Å². The highest BCUT2D eigenvalue weighted by molar-refractivity contribution is 5.75. The molecule has 0 saturated heterocycles. The number of nitrogens with one attached hydrogen (secondary N) is 1. The Morgan fingerprint density at radius 2 is 2.11 bits per heavy atom. The summed E-state index contributed by atoms with van der Waals surface area (Å²) in [5.74, 6) is -2.06. The fraction of sp³-hybridized carbons (Fsp3) is 0.417. The SMILES string of the molecule is CN(C)CCNC(C(=O)O)c1cc(O)cc(F)c1. The highest BCUT2D eigenvalue weighted by atomic mass is 19.1. The molecule has 0 heterocycles. The number of carboxylic acid groups (broad SMARTS) is 1. The highest BCUT2D eigenvalue weighted by Crippen LogP contribution is 2.20. The second kappa shape index (κ2) is 6.32. The molecule has 0 aliphatic rings. The summed E-state index contributed by atoms with van der Waals surface area (Å²) in [6, 6.07) is 2.24. The van der Waals surface area contributed by atoms with E-state index in [0.29, 0.717) is 13.1 Å². The summed E-state index contributed by atoms with van der Waals surface area (Å²) in [7, 11) is 3.73. The van der Waals surface area contributed by atoms with Crippen molar-refractivity contribution in [1.29, 1.82) is 0 Å². The van der Waals surface area contributed by atoms with Crippen molar-refractivity contribution < 1.29 is 19.4 Å². The van der Waals surface area contributed by atoms with Gasteiger partial charge in [0.15, 0.2) is 0 Å². The minimum absolute atomic E-state index is 0.193. The zero-order valence-electron chi connectivity index (χ0n) is 10.4. The monoisotopic (exact) mass is 256 g/mol. The Hall–Kier alpha value is -1.66. The third-order valence-electron chi connectivity index (χ3n) is 2.39. The number of nitrogens with zero attached hydrogens (tertiary/aromatic N) is 1. The first-order valence-electron chi connectivity index (χ1n) is 5.50. The molecule has 0 spiro atoms. The van der Waals surface area contributed by atoms with Crippen LogP contribution in [0.2, 0.25) is 0 Å². The lowest BCUT2D eigenvalue weighted by Crippen LogP contribution is -2.33. The molecule has 5 nitrogen and oxygen atoms in total. The normalized spacial score (nSPS) is 12.7. The summed E-state index contributed by atoms with van der Waals surface area (Å²) >= 11 is 0. The molecule has 3 N–H and O–H groups in total. The molecule has 0 radical (unpaired) electrons. The van der Waals surface area contributed by atoms with Crippen molar-refractivity contribution >= 4 is 5.97 Å². The van der Waals surface area contributed by atoms with Gasteiger partial charge in [-0.2, -0.15) is 0 Å². The van der Waals surface area contributed by atoms with Gasteiger partial charge in [0.05, 0.1) is 0 Å². The average molecular weight is 256 g/mol. The Bertz CT molecular complexity index is 404. The first kappa shape index (κ1) is 14.4. The molecule has 0 aliphatic heterocycles. The van der Waals surface area contributed by atoms with Crippen LogP contribution in [0, 0.1) is 5.82 Å². The minimum Gasteiger partial charge on any atom is -0.508 e. The van der Waals surface area contributed by atoms with Crippen LogP contribution in [0.15, 0.2) is 18.2 Å². The van der Waals surface area contributed by atoms with Gasteiger partial charge < -0.3 is 15.1 Å². The number of hydrogen-bond donors (Lipinski definition) is 3. The van der Waals surface area contributed by atoms with Crippen LogP contribution in [-0.2, 0) is 4.79 Å². The van der Waals surface area contributed by atoms with Crippen LogP contribution in [0.1, 0.15) is 11.6 Å². The smallest absolute Gasteiger partial charge is 0.325 e. The third-order valence-corrected chi connectivity index (χ3v) is 2.39. The summed E-state index contributed by atoms with van der Waals surface area (Å²) in [6.45, 7) is 1.10. The quantitative estimate of drug-likeness (QED) is 0.702. The lowest BCUT2D eigenvalue weighted by molar-refractivity contribution is -0.139. The maximum absolute atomic E-state index is 13.1. The largest absolute Gasteiger partial charge is 0.508 e. The van der Waals surface area contributed by atoms with E-state index in [0.717, 1.165) is 12.1 Å². The van der Waals surface area contributed by atoms with Crippen LogP contribution in [0.25, 0.3) is 0 Å². The Balaban J connectivity index is 2.80. The Morgan fingerprint density at radius 1 is 1.44 bits per heavy atom. The van der Waals surface area contributed by atoms with E-state index in [-0.39, 0.29) is 11.3 Å². The number of carboxylic acids is 1. The number of likely N-dealkylation sites (N-methyl/N-ethyl adjacent to an activating group) is 1. The molecular weight excluding hydrogens is 239 g/mol. The number of rotatable bonds is 6. The molecule has 0 aliphatic carbocycles. The van der Waals surface area contributed by atoms with Crippen LogP contribution in [-0.4, -0.2) is 48.3 Å². The first-order chi connectivity index (χ1) is 8.40. The van der Waals surface area contributed by atoms with E-state index in [4.69, 9.17) is 5.11 Å². The van der Waals surface area contributed by atoms with Gasteiger partial charge in [0.1, 0.15) is 17.6 Å². The Labute approximate surface area is 105 Å². The van der Waals surface area contributed by atoms with Gasteiger partial charge in [0.25, 0.3) is 0 Å². The van der Waals surface area contributed by atoms with Gasteiger partial charge in [-0.15, -0.1) is 0 Å². The first-order valence-corrected chi connectivity index (χ1v) is 5.50. The second-order valence-corrected chi connectivity index (χ2v) is 4.27. The molecular formula is C12H17FN2O3. The molecule has 1 rings (SSSR count). The predicted molar refractivity (Wildman–Crippen MR) is 65.0 cm³/mol. The third kappa shape index (κ3) is 4.31. The maximum Gasteiger partial charge on any atom is 0.325 e. The highest BCUT2D eigenvalue weighted by Gasteiger charge is 2.20. The molecule has 18 heavy (non-hydrogen) atoms. The van der Waals surface area contributed by atoms with Gasteiger partial charge in [-0.05, 0) is 31.8 Å². The zero-order valence-corrected chi connectivity index (χ0v) is 10.4. The van der Waals surface area contributed by atoms with E-state index < -0.39 is 17.8 Å². The number of aliphatic carboxylic acids is 1. The van der Waals surface area contributed by atoms with E-state index >= 15 is 0 Å². The standard InChI is InChI=1S/C12H17FN2O3/c1-15(2)4-3-14-11(12(17)18)8-5-9(13)7-10(16)6-8/h5-7,11,14,16H,3-4H2,1-2H3,(H,17,18). The fourth-order valence-corrected chi connectivity index (χ4v) is 1.54. The molecule has 1 unspecified atom stereocenters. The van der Waals surface area contributed by atoms with Gasteiger partial charge in [0, 0.05) is 19.2 Å². The number of phenols is 1. The van der Waals surface area contributed by atoms with Crippen molar-refractivity contribution in [3.8, 4) is 5.75 Å². The average Bonchev–Trinajstić information content (AvgIpc) is 2.21. The van der Waals surface area contributed by atoms with Crippen molar-refractivity contribution in [2.75, 3.05) is 27.2 Å². The van der Waals surface area contributed by atoms with Gasteiger partial charge >= 0.3 is 5.97 Å². The van der Waals surface area contributed by atoms with Gasteiger partial charge in [-0.25, -0.2) is 4.39 Å². The number of phenolic OH excluding ortho intramolecular Hbond substituents is 1. The van der Waals surface area contributed by atoms with E-state index in [1.54, 1.807) is 0 Å². The van der Waals surface area contributed by atoms with Gasteiger partial charge in [-0.1, -0.05) is 0 Å². The molecule has 6 heteroatoms. The molecule has 0 bridgehead atoms. The van der Waals surface area contributed by atoms with Gasteiger partial charge in [0.2, 0.25) is 0 Å². The number of carbonyl (C=O) groups is 1. The lowest BCUT2D eigenvalue weighted by Gasteiger charge is -2.17. The number of benzene rings is 1. The van der Waals surface area contributed by atoms with Crippen LogP contribution >= 0.6 is 0 Å². The minimum atomic E-state index is -1.11. The molecule has 100 valence electrons. The van der Waals surface area contributed by atoms with Crippen molar-refractivity contribution in [3.05, 3.63) is 29.6 Å². The topological polar surface area (TPSA) is 72.8 Å². The Kier molecular flexibility index (Phi) is 5.06.